The van der Waals surface area contributed by atoms with Gasteiger partial charge in [0, 0.05) is 39.4 Å². The predicted molar refractivity (Wildman–Crippen MR) is 99.2 cm³/mol. The van der Waals surface area contributed by atoms with E-state index in [1.165, 1.54) is 0 Å². The fourth-order valence-electron chi connectivity index (χ4n) is 2.07. The second-order valence-electron chi connectivity index (χ2n) is 5.02. The van der Waals surface area contributed by atoms with E-state index < -0.39 is 0 Å². The maximum atomic E-state index is 4.23. The summed E-state index contributed by atoms with van der Waals surface area (Å²) in [5.74, 6) is 0.825. The Balaban J connectivity index is 0.00000400. The monoisotopic (exact) mass is 408 g/mol. The summed E-state index contributed by atoms with van der Waals surface area (Å²) < 4.78 is 1.86. The maximum Gasteiger partial charge on any atom is 0.191 e. The van der Waals surface area contributed by atoms with E-state index in [9.17, 15) is 0 Å². The van der Waals surface area contributed by atoms with E-state index in [0.717, 1.165) is 37.8 Å². The number of hydrogen-bond acceptors (Lipinski definition) is 3. The number of aromatic nitrogens is 2. The van der Waals surface area contributed by atoms with Gasteiger partial charge in [0.15, 0.2) is 5.96 Å². The van der Waals surface area contributed by atoms with Crippen LogP contribution in [0.4, 0.5) is 0 Å². The molecule has 21 heavy (non-hydrogen) atoms. The first-order chi connectivity index (χ1) is 9.58. The third kappa shape index (κ3) is 7.12. The normalized spacial score (nSPS) is 11.7. The summed E-state index contributed by atoms with van der Waals surface area (Å²) in [5, 5.41) is 10.8. The first kappa shape index (κ1) is 20.2. The first-order valence-electron chi connectivity index (χ1n) is 7.23. The van der Waals surface area contributed by atoms with Crippen molar-refractivity contribution in [1.82, 2.24) is 25.3 Å². The number of guanidine groups is 1. The van der Waals surface area contributed by atoms with Crippen LogP contribution in [-0.4, -0.2) is 53.4 Å². The van der Waals surface area contributed by atoms with Crippen molar-refractivity contribution in [1.29, 1.82) is 0 Å². The van der Waals surface area contributed by atoms with Crippen LogP contribution in [0.25, 0.3) is 0 Å². The molecule has 0 aromatic carbocycles. The minimum Gasteiger partial charge on any atom is -0.355 e. The third-order valence-corrected chi connectivity index (χ3v) is 3.41. The maximum absolute atomic E-state index is 4.23. The zero-order valence-electron chi connectivity index (χ0n) is 13.8. The number of likely N-dealkylation sites (N-methyl/N-ethyl adjacent to an activating group) is 1. The Kier molecular flexibility index (Phi) is 10.4. The molecule has 0 radical (unpaired) electrons. The molecule has 0 aliphatic carbocycles. The second kappa shape index (κ2) is 10.8. The summed E-state index contributed by atoms with van der Waals surface area (Å²) >= 11 is 0. The number of halogens is 1. The number of aliphatic imine (C=N–C) groups is 1. The highest BCUT2D eigenvalue weighted by Gasteiger charge is 2.06. The van der Waals surface area contributed by atoms with Gasteiger partial charge >= 0.3 is 0 Å². The molecule has 0 amide bonds. The molecule has 0 atom stereocenters. The lowest BCUT2D eigenvalue weighted by molar-refractivity contribution is 0.237. The highest BCUT2D eigenvalue weighted by molar-refractivity contribution is 14.0. The van der Waals surface area contributed by atoms with Crippen molar-refractivity contribution in [3.05, 3.63) is 18.0 Å². The molecule has 1 aromatic rings. The topological polar surface area (TPSA) is 57.5 Å². The molecule has 0 aliphatic heterocycles. The van der Waals surface area contributed by atoms with Crippen molar-refractivity contribution in [2.75, 3.05) is 26.7 Å². The molecule has 122 valence electrons. The van der Waals surface area contributed by atoms with Crippen molar-refractivity contribution in [3.63, 3.8) is 0 Å². The molecule has 0 saturated carbocycles. The molecule has 0 saturated heterocycles. The van der Waals surface area contributed by atoms with Gasteiger partial charge in [-0.25, -0.2) is 0 Å². The van der Waals surface area contributed by atoms with Crippen LogP contribution >= 0.6 is 24.0 Å². The standard InChI is InChI=1S/C14H28N6.HI/c1-6-20(12(2)3)10-9-16-14(15-4)17-11-13-7-8-18-19(13)5;/h7-8,12H,6,9-11H2,1-5H3,(H2,15,16,17);1H. The highest BCUT2D eigenvalue weighted by atomic mass is 127. The lowest BCUT2D eigenvalue weighted by Crippen LogP contribution is -2.43. The third-order valence-electron chi connectivity index (χ3n) is 3.41. The molecule has 0 bridgehead atoms. The minimum atomic E-state index is 0. The smallest absolute Gasteiger partial charge is 0.191 e. The number of nitrogens with one attached hydrogen (secondary N) is 2. The molecule has 0 fully saturated rings. The summed E-state index contributed by atoms with van der Waals surface area (Å²) in [7, 11) is 3.73. The summed E-state index contributed by atoms with van der Waals surface area (Å²) in [6.45, 7) is 10.3. The lowest BCUT2D eigenvalue weighted by atomic mass is 10.3. The molecule has 2 N–H and O–H groups in total. The van der Waals surface area contributed by atoms with Crippen LogP contribution in [-0.2, 0) is 13.6 Å². The van der Waals surface area contributed by atoms with Gasteiger partial charge in [-0.05, 0) is 26.5 Å². The minimum absolute atomic E-state index is 0. The molecule has 0 aliphatic rings. The molecule has 1 heterocycles. The van der Waals surface area contributed by atoms with E-state index in [4.69, 9.17) is 0 Å². The second-order valence-corrected chi connectivity index (χ2v) is 5.02. The predicted octanol–water partition coefficient (Wildman–Crippen LogP) is 1.43. The van der Waals surface area contributed by atoms with Crippen molar-refractivity contribution < 1.29 is 0 Å². The van der Waals surface area contributed by atoms with Gasteiger partial charge in [-0.2, -0.15) is 5.10 Å². The molecule has 7 heteroatoms. The quantitative estimate of drug-likeness (QED) is 0.407. The molecular formula is C14H29IN6. The van der Waals surface area contributed by atoms with E-state index >= 15 is 0 Å². The fourth-order valence-corrected chi connectivity index (χ4v) is 2.07. The van der Waals surface area contributed by atoms with Gasteiger partial charge in [0.05, 0.1) is 12.2 Å². The Morgan fingerprint density at radius 2 is 2.14 bits per heavy atom. The van der Waals surface area contributed by atoms with Crippen LogP contribution in [0.5, 0.6) is 0 Å². The van der Waals surface area contributed by atoms with Crippen LogP contribution in [0.1, 0.15) is 26.5 Å². The van der Waals surface area contributed by atoms with Gasteiger partial charge in [-0.15, -0.1) is 24.0 Å². The van der Waals surface area contributed by atoms with Gasteiger partial charge in [-0.3, -0.25) is 14.6 Å². The molecule has 0 unspecified atom stereocenters. The largest absolute Gasteiger partial charge is 0.355 e. The van der Waals surface area contributed by atoms with Crippen molar-refractivity contribution >= 4 is 29.9 Å². The molecular weight excluding hydrogens is 379 g/mol. The van der Waals surface area contributed by atoms with Gasteiger partial charge in [-0.1, -0.05) is 6.92 Å². The Hall–Kier alpha value is -0.830. The average Bonchev–Trinajstić information content (AvgIpc) is 2.83. The van der Waals surface area contributed by atoms with Gasteiger partial charge in [0.1, 0.15) is 0 Å². The SMILES string of the molecule is CCN(CCNC(=NC)NCc1ccnn1C)C(C)C.I. The molecule has 1 rings (SSSR count). The first-order valence-corrected chi connectivity index (χ1v) is 7.23. The van der Waals surface area contributed by atoms with Gasteiger partial charge in [0.25, 0.3) is 0 Å². The van der Waals surface area contributed by atoms with Crippen LogP contribution in [0.3, 0.4) is 0 Å². The van der Waals surface area contributed by atoms with E-state index in [-0.39, 0.29) is 24.0 Å². The zero-order chi connectivity index (χ0) is 15.0. The average molecular weight is 408 g/mol. The van der Waals surface area contributed by atoms with E-state index in [1.54, 1.807) is 13.2 Å². The number of hydrogen-bond donors (Lipinski definition) is 2. The number of rotatable bonds is 7. The lowest BCUT2D eigenvalue weighted by Gasteiger charge is -2.25. The van der Waals surface area contributed by atoms with E-state index in [0.29, 0.717) is 6.04 Å². The van der Waals surface area contributed by atoms with Crippen LogP contribution in [0, 0.1) is 0 Å². The number of aryl methyl sites for hydroxylation is 1. The van der Waals surface area contributed by atoms with Crippen molar-refractivity contribution in [2.45, 2.75) is 33.4 Å². The van der Waals surface area contributed by atoms with Crippen LogP contribution in [0.2, 0.25) is 0 Å². The number of nitrogens with zero attached hydrogens (tertiary/aromatic N) is 4. The molecule has 6 nitrogen and oxygen atoms in total. The van der Waals surface area contributed by atoms with Crippen LogP contribution < -0.4 is 10.6 Å². The fraction of sp³-hybridized carbons (Fsp3) is 0.714. The van der Waals surface area contributed by atoms with E-state index in [1.807, 2.05) is 17.8 Å². The van der Waals surface area contributed by atoms with Gasteiger partial charge in [0.2, 0.25) is 0 Å². The highest BCUT2D eigenvalue weighted by Crippen LogP contribution is 1.96. The zero-order valence-corrected chi connectivity index (χ0v) is 16.1. The Labute approximate surface area is 145 Å². The summed E-state index contributed by atoms with van der Waals surface area (Å²) in [6, 6.07) is 2.57. The summed E-state index contributed by atoms with van der Waals surface area (Å²) in [4.78, 5) is 6.65. The van der Waals surface area contributed by atoms with Crippen molar-refractivity contribution in [2.24, 2.45) is 12.0 Å². The Bertz CT molecular complexity index is 415. The van der Waals surface area contributed by atoms with Gasteiger partial charge < -0.3 is 10.6 Å². The van der Waals surface area contributed by atoms with E-state index in [2.05, 4.69) is 46.4 Å². The summed E-state index contributed by atoms with van der Waals surface area (Å²) in [5.41, 5.74) is 1.13. The Morgan fingerprint density at radius 1 is 1.43 bits per heavy atom. The van der Waals surface area contributed by atoms with Crippen molar-refractivity contribution in [3.8, 4) is 0 Å². The molecule has 1 aromatic heterocycles. The Morgan fingerprint density at radius 3 is 2.62 bits per heavy atom. The van der Waals surface area contributed by atoms with Crippen LogP contribution in [0.15, 0.2) is 17.3 Å². The summed E-state index contributed by atoms with van der Waals surface area (Å²) in [6.07, 6.45) is 1.80. The molecule has 0 spiro atoms.